The van der Waals surface area contributed by atoms with E-state index in [1.807, 2.05) is 12.1 Å². The third-order valence-corrected chi connectivity index (χ3v) is 5.96. The standard InChI is InChI=1S/C22H23F2N3O4S/c23-22(24)32-19-8-4-1-5-15(19)25-20(28)14-27-13-18(21(29)26-9-11-30-12-10-26)31-17-7-3-2-6-16(17)27/h1-8,18,22H,9-14H2,(H,25,28). The number of amides is 2. The molecule has 2 aliphatic rings. The van der Waals surface area contributed by atoms with Crippen molar-refractivity contribution < 1.29 is 27.8 Å². The van der Waals surface area contributed by atoms with Crippen molar-refractivity contribution in [3.8, 4) is 5.75 Å². The van der Waals surface area contributed by atoms with Crippen molar-refractivity contribution in [1.29, 1.82) is 0 Å². The van der Waals surface area contributed by atoms with Crippen LogP contribution in [-0.4, -0.2) is 68.0 Å². The van der Waals surface area contributed by atoms with Crippen molar-refractivity contribution in [2.24, 2.45) is 0 Å². The number of halogens is 2. The summed E-state index contributed by atoms with van der Waals surface area (Å²) in [5.41, 5.74) is 1.02. The first-order valence-corrected chi connectivity index (χ1v) is 11.1. The summed E-state index contributed by atoms with van der Waals surface area (Å²) in [5.74, 6) is -2.59. The summed E-state index contributed by atoms with van der Waals surface area (Å²) in [7, 11) is 0. The maximum absolute atomic E-state index is 13.0. The Bertz CT molecular complexity index is 972. The smallest absolute Gasteiger partial charge is 0.288 e. The Morgan fingerprint density at radius 2 is 1.81 bits per heavy atom. The molecule has 0 aromatic heterocycles. The number of nitrogens with one attached hydrogen (secondary N) is 1. The maximum Gasteiger partial charge on any atom is 0.288 e. The van der Waals surface area contributed by atoms with Gasteiger partial charge in [0.05, 0.1) is 37.7 Å². The molecule has 10 heteroatoms. The second-order valence-corrected chi connectivity index (χ2v) is 8.35. The van der Waals surface area contributed by atoms with Crippen molar-refractivity contribution in [1.82, 2.24) is 4.90 Å². The van der Waals surface area contributed by atoms with E-state index in [9.17, 15) is 18.4 Å². The molecular weight excluding hydrogens is 440 g/mol. The van der Waals surface area contributed by atoms with Crippen LogP contribution in [0.25, 0.3) is 0 Å². The lowest BCUT2D eigenvalue weighted by molar-refractivity contribution is -0.142. The van der Waals surface area contributed by atoms with Gasteiger partial charge in [-0.2, -0.15) is 8.78 Å². The zero-order valence-corrected chi connectivity index (χ0v) is 18.0. The molecular formula is C22H23F2N3O4S. The minimum atomic E-state index is -2.59. The predicted molar refractivity (Wildman–Crippen MR) is 117 cm³/mol. The van der Waals surface area contributed by atoms with Gasteiger partial charge in [-0.15, -0.1) is 0 Å². The average Bonchev–Trinajstić information content (AvgIpc) is 2.80. The van der Waals surface area contributed by atoms with Crippen LogP contribution in [0.2, 0.25) is 0 Å². The largest absolute Gasteiger partial charge is 0.477 e. The van der Waals surface area contributed by atoms with E-state index in [1.165, 1.54) is 6.07 Å². The summed E-state index contributed by atoms with van der Waals surface area (Å²) in [6, 6.07) is 13.6. The zero-order valence-electron chi connectivity index (χ0n) is 17.2. The molecule has 1 saturated heterocycles. The number of benzene rings is 2. The molecule has 1 atom stereocenters. The fourth-order valence-electron chi connectivity index (χ4n) is 3.70. The highest BCUT2D eigenvalue weighted by atomic mass is 32.2. The van der Waals surface area contributed by atoms with Gasteiger partial charge in [-0.05, 0) is 24.3 Å². The Balaban J connectivity index is 1.48. The molecule has 2 heterocycles. The molecule has 1 fully saturated rings. The number of carbonyl (C=O) groups excluding carboxylic acids is 2. The van der Waals surface area contributed by atoms with Crippen LogP contribution >= 0.6 is 11.8 Å². The molecule has 0 spiro atoms. The highest BCUT2D eigenvalue weighted by molar-refractivity contribution is 7.99. The van der Waals surface area contributed by atoms with E-state index in [0.717, 1.165) is 0 Å². The molecule has 0 saturated carbocycles. The molecule has 2 aromatic rings. The molecule has 2 amide bonds. The van der Waals surface area contributed by atoms with Crippen LogP contribution in [0.4, 0.5) is 20.2 Å². The predicted octanol–water partition coefficient (Wildman–Crippen LogP) is 3.07. The molecule has 32 heavy (non-hydrogen) atoms. The van der Waals surface area contributed by atoms with E-state index >= 15 is 0 Å². The van der Waals surface area contributed by atoms with Gasteiger partial charge in [0.25, 0.3) is 11.7 Å². The zero-order chi connectivity index (χ0) is 22.5. The van der Waals surface area contributed by atoms with E-state index in [4.69, 9.17) is 9.47 Å². The average molecular weight is 464 g/mol. The van der Waals surface area contributed by atoms with Gasteiger partial charge >= 0.3 is 0 Å². The van der Waals surface area contributed by atoms with Crippen LogP contribution in [-0.2, 0) is 14.3 Å². The van der Waals surface area contributed by atoms with Gasteiger partial charge < -0.3 is 24.6 Å². The number of para-hydroxylation sites is 3. The molecule has 170 valence electrons. The van der Waals surface area contributed by atoms with Gasteiger partial charge in [0.2, 0.25) is 5.91 Å². The first kappa shape index (κ1) is 22.3. The Morgan fingerprint density at radius 1 is 1.09 bits per heavy atom. The number of fused-ring (bicyclic) bond motifs is 1. The number of rotatable bonds is 6. The SMILES string of the molecule is O=C(CN1CC(C(=O)N2CCOCC2)Oc2ccccc21)Nc1ccccc1SC(F)F. The van der Waals surface area contributed by atoms with E-state index < -0.39 is 11.9 Å². The monoisotopic (exact) mass is 463 g/mol. The number of thioether (sulfide) groups is 1. The second kappa shape index (κ2) is 10.2. The molecule has 7 nitrogen and oxygen atoms in total. The minimum Gasteiger partial charge on any atom is -0.477 e. The first-order valence-electron chi connectivity index (χ1n) is 10.2. The lowest BCUT2D eigenvalue weighted by Crippen LogP contribution is -2.53. The summed E-state index contributed by atoms with van der Waals surface area (Å²) in [6.45, 7) is 2.11. The Kier molecular flexibility index (Phi) is 7.11. The first-order chi connectivity index (χ1) is 15.5. The maximum atomic E-state index is 13.0. The molecule has 0 radical (unpaired) electrons. The lowest BCUT2D eigenvalue weighted by Gasteiger charge is -2.38. The fraction of sp³-hybridized carbons (Fsp3) is 0.364. The van der Waals surface area contributed by atoms with Gasteiger partial charge in [-0.25, -0.2) is 0 Å². The van der Waals surface area contributed by atoms with E-state index in [0.29, 0.717) is 60.1 Å². The highest BCUT2D eigenvalue weighted by Crippen LogP contribution is 2.34. The van der Waals surface area contributed by atoms with E-state index in [-0.39, 0.29) is 24.9 Å². The van der Waals surface area contributed by atoms with Crippen LogP contribution in [0.3, 0.4) is 0 Å². The second-order valence-electron chi connectivity index (χ2n) is 7.32. The number of carbonyl (C=O) groups is 2. The number of nitrogens with zero attached hydrogens (tertiary/aromatic N) is 2. The summed E-state index contributed by atoms with van der Waals surface area (Å²) < 4.78 is 36.9. The van der Waals surface area contributed by atoms with Crippen LogP contribution in [0.15, 0.2) is 53.4 Å². The van der Waals surface area contributed by atoms with Crippen molar-refractivity contribution in [3.63, 3.8) is 0 Å². The Hall–Kier alpha value is -2.85. The van der Waals surface area contributed by atoms with Gasteiger partial charge in [0.15, 0.2) is 6.10 Å². The van der Waals surface area contributed by atoms with Crippen molar-refractivity contribution in [2.75, 3.05) is 49.6 Å². The molecule has 1 N–H and O–H groups in total. The van der Waals surface area contributed by atoms with E-state index in [1.54, 1.807) is 40.1 Å². The fourth-order valence-corrected chi connectivity index (χ4v) is 4.30. The van der Waals surface area contributed by atoms with Crippen molar-refractivity contribution in [2.45, 2.75) is 16.8 Å². The topological polar surface area (TPSA) is 71.1 Å². The van der Waals surface area contributed by atoms with Crippen LogP contribution in [0.5, 0.6) is 5.75 Å². The molecule has 1 unspecified atom stereocenters. The number of alkyl halides is 2. The van der Waals surface area contributed by atoms with Crippen LogP contribution in [0, 0.1) is 0 Å². The van der Waals surface area contributed by atoms with Crippen molar-refractivity contribution >= 4 is 35.0 Å². The molecule has 2 aliphatic heterocycles. The Labute approximate surface area is 188 Å². The van der Waals surface area contributed by atoms with Crippen molar-refractivity contribution in [3.05, 3.63) is 48.5 Å². The quantitative estimate of drug-likeness (QED) is 0.664. The molecule has 0 aliphatic carbocycles. The number of anilines is 2. The summed E-state index contributed by atoms with van der Waals surface area (Å²) in [5, 5.41) is 2.71. The number of ether oxygens (including phenoxy) is 2. The number of hydrogen-bond acceptors (Lipinski definition) is 6. The van der Waals surface area contributed by atoms with Gasteiger partial charge in [-0.1, -0.05) is 36.0 Å². The van der Waals surface area contributed by atoms with Gasteiger partial charge in [0.1, 0.15) is 5.75 Å². The summed E-state index contributed by atoms with van der Waals surface area (Å²) in [6.07, 6.45) is -0.752. The molecule has 2 aromatic carbocycles. The molecule has 0 bridgehead atoms. The normalized spacial score (nSPS) is 18.2. The minimum absolute atomic E-state index is 0.0546. The summed E-state index contributed by atoms with van der Waals surface area (Å²) >= 11 is 0.380. The van der Waals surface area contributed by atoms with Gasteiger partial charge in [-0.3, -0.25) is 9.59 Å². The Morgan fingerprint density at radius 3 is 2.59 bits per heavy atom. The van der Waals surface area contributed by atoms with Gasteiger partial charge in [0, 0.05) is 18.0 Å². The van der Waals surface area contributed by atoms with Crippen LogP contribution in [0.1, 0.15) is 0 Å². The lowest BCUT2D eigenvalue weighted by atomic mass is 10.1. The third kappa shape index (κ3) is 5.31. The third-order valence-electron chi connectivity index (χ3n) is 5.17. The number of morpholine rings is 1. The summed E-state index contributed by atoms with van der Waals surface area (Å²) in [4.78, 5) is 29.6. The van der Waals surface area contributed by atoms with Crippen LogP contribution < -0.4 is 15.0 Å². The number of hydrogen-bond donors (Lipinski definition) is 1. The molecule has 4 rings (SSSR count). The van der Waals surface area contributed by atoms with E-state index in [2.05, 4.69) is 5.32 Å². The highest BCUT2D eigenvalue weighted by Gasteiger charge is 2.34.